The number of carbonyl (C=O) groups is 1. The topological polar surface area (TPSA) is 65.0 Å². The Morgan fingerprint density at radius 2 is 1.88 bits per heavy atom. The number of carbonyl (C=O) groups excluding carboxylic acids is 1. The molecule has 0 heterocycles. The van der Waals surface area contributed by atoms with Crippen LogP contribution in [0.4, 0.5) is 0 Å². The largest absolute Gasteiger partial charge is 0.509 e. The van der Waals surface area contributed by atoms with Crippen molar-refractivity contribution in [3.05, 3.63) is 71.2 Å². The summed E-state index contributed by atoms with van der Waals surface area (Å²) in [5, 5.41) is 9.92. The van der Waals surface area contributed by atoms with Crippen LogP contribution < -0.4 is 9.47 Å². The van der Waals surface area contributed by atoms with Gasteiger partial charge in [0, 0.05) is 12.0 Å². The molecule has 5 heteroatoms. The molecule has 0 radical (unpaired) electrons. The number of methoxy groups -OCH3 is 1. The quantitative estimate of drug-likeness (QED) is 0.611. The van der Waals surface area contributed by atoms with Gasteiger partial charge < -0.3 is 19.3 Å². The Labute approximate surface area is 147 Å². The Hall–Kier alpha value is -2.95. The van der Waals surface area contributed by atoms with E-state index in [0.717, 1.165) is 23.0 Å². The molecule has 2 rings (SSSR count). The zero-order valence-electron chi connectivity index (χ0n) is 14.6. The van der Waals surface area contributed by atoms with Gasteiger partial charge in [-0.15, -0.1) is 0 Å². The molecule has 1 N–H and O–H groups in total. The Balaban J connectivity index is 1.86. The molecule has 2 aromatic rings. The fourth-order valence-electron chi connectivity index (χ4n) is 2.35. The number of aryl methyl sites for hydroxylation is 2. The molecule has 0 unspecified atom stereocenters. The van der Waals surface area contributed by atoms with Crippen LogP contribution in [0.5, 0.6) is 11.5 Å². The van der Waals surface area contributed by atoms with E-state index >= 15 is 0 Å². The van der Waals surface area contributed by atoms with Crippen molar-refractivity contribution in [2.75, 3.05) is 13.7 Å². The van der Waals surface area contributed by atoms with Crippen molar-refractivity contribution in [2.45, 2.75) is 20.3 Å². The van der Waals surface area contributed by atoms with Gasteiger partial charge in [-0.3, -0.25) is 0 Å². The Morgan fingerprint density at radius 3 is 2.60 bits per heavy atom. The van der Waals surface area contributed by atoms with Gasteiger partial charge in [0.25, 0.3) is 0 Å². The van der Waals surface area contributed by atoms with E-state index in [-0.39, 0.29) is 18.8 Å². The van der Waals surface area contributed by atoms with Crippen LogP contribution in [0.2, 0.25) is 0 Å². The predicted octanol–water partition coefficient (Wildman–Crippen LogP) is 3.88. The van der Waals surface area contributed by atoms with Gasteiger partial charge in [-0.05, 0) is 31.5 Å². The smallest absolute Gasteiger partial charge is 0.349 e. The molecule has 0 bridgehead atoms. The predicted molar refractivity (Wildman–Crippen MR) is 94.9 cm³/mol. The minimum absolute atomic E-state index is 0.0793. The highest BCUT2D eigenvalue weighted by Crippen LogP contribution is 2.20. The van der Waals surface area contributed by atoms with E-state index in [4.69, 9.17) is 14.2 Å². The summed E-state index contributed by atoms with van der Waals surface area (Å²) < 4.78 is 15.6. The molecule has 0 aromatic heterocycles. The molecule has 5 nitrogen and oxygen atoms in total. The van der Waals surface area contributed by atoms with Gasteiger partial charge in [0.05, 0.1) is 7.11 Å². The minimum Gasteiger partial charge on any atom is -0.509 e. The highest BCUT2D eigenvalue weighted by Gasteiger charge is 2.08. The number of rotatable bonds is 7. The fraction of sp³-hybridized carbons (Fsp3) is 0.250. The van der Waals surface area contributed by atoms with Gasteiger partial charge in [0.15, 0.2) is 6.61 Å². The molecule has 0 amide bonds. The SMILES string of the molecule is COc1ccccc1C/C(O)=C/OC(=O)COc1ccc(C)cc1C. The number of aliphatic hydroxyl groups excluding tert-OH is 1. The van der Waals surface area contributed by atoms with Crippen LogP contribution in [-0.4, -0.2) is 24.8 Å². The van der Waals surface area contributed by atoms with Gasteiger partial charge in [0.1, 0.15) is 23.5 Å². The number of para-hydroxylation sites is 1. The molecule has 0 aliphatic heterocycles. The van der Waals surface area contributed by atoms with Crippen LogP contribution in [-0.2, 0) is 16.0 Å². The maximum Gasteiger partial charge on any atom is 0.349 e. The van der Waals surface area contributed by atoms with E-state index in [1.165, 1.54) is 0 Å². The highest BCUT2D eigenvalue weighted by atomic mass is 16.6. The van der Waals surface area contributed by atoms with Crippen molar-refractivity contribution in [3.63, 3.8) is 0 Å². The molecule has 0 aliphatic carbocycles. The van der Waals surface area contributed by atoms with E-state index in [0.29, 0.717) is 11.5 Å². The average Bonchev–Trinajstić information content (AvgIpc) is 2.59. The average molecular weight is 342 g/mol. The third-order valence-corrected chi connectivity index (χ3v) is 3.57. The van der Waals surface area contributed by atoms with E-state index in [2.05, 4.69) is 0 Å². The summed E-state index contributed by atoms with van der Waals surface area (Å²) in [6.45, 7) is 3.66. The maximum atomic E-state index is 11.7. The third-order valence-electron chi connectivity index (χ3n) is 3.57. The van der Waals surface area contributed by atoms with Crippen molar-refractivity contribution < 1.29 is 24.1 Å². The number of aliphatic hydroxyl groups is 1. The van der Waals surface area contributed by atoms with Crippen LogP contribution in [0, 0.1) is 13.8 Å². The van der Waals surface area contributed by atoms with Crippen molar-refractivity contribution in [3.8, 4) is 11.5 Å². The fourth-order valence-corrected chi connectivity index (χ4v) is 2.35. The van der Waals surface area contributed by atoms with Gasteiger partial charge >= 0.3 is 5.97 Å². The standard InChI is InChI=1S/C20H22O5/c1-14-8-9-18(15(2)10-14)24-13-20(22)25-12-17(21)11-16-6-4-5-7-19(16)23-3/h4-10,12,21H,11,13H2,1-3H3/b17-12-. The number of allylic oxidation sites excluding steroid dienone is 1. The molecular formula is C20H22O5. The molecule has 0 saturated carbocycles. The number of ether oxygens (including phenoxy) is 3. The number of esters is 1. The first-order chi connectivity index (χ1) is 12.0. The Kier molecular flexibility index (Phi) is 6.46. The summed E-state index contributed by atoms with van der Waals surface area (Å²) >= 11 is 0. The van der Waals surface area contributed by atoms with Crippen LogP contribution >= 0.6 is 0 Å². The second kappa shape index (κ2) is 8.78. The first kappa shape index (κ1) is 18.4. The summed E-state index contributed by atoms with van der Waals surface area (Å²) in [6, 6.07) is 13.0. The van der Waals surface area contributed by atoms with E-state index in [1.807, 2.05) is 50.2 Å². The third kappa shape index (κ3) is 5.57. The summed E-state index contributed by atoms with van der Waals surface area (Å²) in [7, 11) is 1.56. The van der Waals surface area contributed by atoms with Crippen LogP contribution in [0.3, 0.4) is 0 Å². The molecule has 0 atom stereocenters. The lowest BCUT2D eigenvalue weighted by molar-refractivity contribution is -0.140. The lowest BCUT2D eigenvalue weighted by Gasteiger charge is -2.09. The molecule has 25 heavy (non-hydrogen) atoms. The first-order valence-electron chi connectivity index (χ1n) is 7.89. The molecule has 0 spiro atoms. The zero-order valence-corrected chi connectivity index (χ0v) is 14.6. The van der Waals surface area contributed by atoms with Crippen molar-refractivity contribution in [2.24, 2.45) is 0 Å². The number of benzene rings is 2. The monoisotopic (exact) mass is 342 g/mol. The zero-order chi connectivity index (χ0) is 18.2. The van der Waals surface area contributed by atoms with Gasteiger partial charge in [-0.2, -0.15) is 0 Å². The number of hydrogen-bond acceptors (Lipinski definition) is 5. The van der Waals surface area contributed by atoms with Crippen molar-refractivity contribution in [1.29, 1.82) is 0 Å². The Bertz CT molecular complexity index is 764. The molecule has 2 aromatic carbocycles. The van der Waals surface area contributed by atoms with Crippen LogP contribution in [0.1, 0.15) is 16.7 Å². The molecule has 132 valence electrons. The second-order valence-corrected chi connectivity index (χ2v) is 5.65. The molecule has 0 fully saturated rings. The summed E-state index contributed by atoms with van der Waals surface area (Å²) in [5.41, 5.74) is 2.86. The van der Waals surface area contributed by atoms with E-state index in [1.54, 1.807) is 13.2 Å². The maximum absolute atomic E-state index is 11.7. The minimum atomic E-state index is -0.591. The first-order valence-corrected chi connectivity index (χ1v) is 7.89. The van der Waals surface area contributed by atoms with Gasteiger partial charge in [-0.1, -0.05) is 35.9 Å². The highest BCUT2D eigenvalue weighted by molar-refractivity contribution is 5.71. The van der Waals surface area contributed by atoms with Gasteiger partial charge in [0.2, 0.25) is 0 Å². The van der Waals surface area contributed by atoms with Crippen molar-refractivity contribution >= 4 is 5.97 Å². The normalized spacial score (nSPS) is 11.1. The summed E-state index contributed by atoms with van der Waals surface area (Å²) in [6.07, 6.45) is 1.23. The van der Waals surface area contributed by atoms with Gasteiger partial charge in [-0.25, -0.2) is 4.79 Å². The summed E-state index contributed by atoms with van der Waals surface area (Å²) in [5.74, 6) is 0.618. The number of hydrogen-bond donors (Lipinski definition) is 1. The summed E-state index contributed by atoms with van der Waals surface area (Å²) in [4.78, 5) is 11.7. The van der Waals surface area contributed by atoms with Crippen LogP contribution in [0.15, 0.2) is 54.5 Å². The van der Waals surface area contributed by atoms with Crippen molar-refractivity contribution in [1.82, 2.24) is 0 Å². The molecule has 0 aliphatic rings. The lowest BCUT2D eigenvalue weighted by atomic mass is 10.1. The van der Waals surface area contributed by atoms with Crippen LogP contribution in [0.25, 0.3) is 0 Å². The molecular weight excluding hydrogens is 320 g/mol. The molecule has 0 saturated heterocycles. The van der Waals surface area contributed by atoms with E-state index in [9.17, 15) is 9.90 Å². The Morgan fingerprint density at radius 1 is 1.12 bits per heavy atom. The van der Waals surface area contributed by atoms with E-state index < -0.39 is 5.97 Å². The second-order valence-electron chi connectivity index (χ2n) is 5.65. The lowest BCUT2D eigenvalue weighted by Crippen LogP contribution is -2.13.